The van der Waals surface area contributed by atoms with E-state index in [1.165, 1.54) is 0 Å². The summed E-state index contributed by atoms with van der Waals surface area (Å²) in [7, 11) is 0. The Kier molecular flexibility index (Phi) is 2.61. The summed E-state index contributed by atoms with van der Waals surface area (Å²) < 4.78 is 0. The molecule has 90 valence electrons. The highest BCUT2D eigenvalue weighted by Gasteiger charge is 2.45. The van der Waals surface area contributed by atoms with Crippen molar-refractivity contribution in [1.29, 1.82) is 0 Å². The monoisotopic (exact) mass is 225 g/mol. The topological polar surface area (TPSA) is 64.6 Å². The minimum atomic E-state index is -0.283. The predicted octanol–water partition coefficient (Wildman–Crippen LogP) is -1.47. The Hall–Kier alpha value is -0.650. The van der Waals surface area contributed by atoms with Crippen LogP contribution < -0.4 is 10.6 Å². The van der Waals surface area contributed by atoms with Gasteiger partial charge in [0.05, 0.1) is 12.0 Å². The van der Waals surface area contributed by atoms with Gasteiger partial charge in [-0.3, -0.25) is 9.69 Å². The van der Waals surface area contributed by atoms with Gasteiger partial charge in [0.25, 0.3) is 0 Å². The van der Waals surface area contributed by atoms with Gasteiger partial charge < -0.3 is 15.7 Å². The smallest absolute Gasteiger partial charge is 0.224 e. The number of likely N-dealkylation sites (tertiary alicyclic amines) is 1. The molecule has 5 nitrogen and oxygen atoms in total. The van der Waals surface area contributed by atoms with E-state index < -0.39 is 0 Å². The van der Waals surface area contributed by atoms with Crippen molar-refractivity contribution in [3.8, 4) is 0 Å². The molecule has 3 heterocycles. The molecule has 0 aromatic heterocycles. The molecule has 0 bridgehead atoms. The van der Waals surface area contributed by atoms with E-state index in [1.807, 2.05) is 0 Å². The van der Waals surface area contributed by atoms with E-state index in [2.05, 4.69) is 15.5 Å². The number of hydrogen-bond donors (Lipinski definition) is 3. The second kappa shape index (κ2) is 3.98. The summed E-state index contributed by atoms with van der Waals surface area (Å²) >= 11 is 0. The van der Waals surface area contributed by atoms with Gasteiger partial charge >= 0.3 is 0 Å². The number of fused-ring (bicyclic) bond motifs is 1. The van der Waals surface area contributed by atoms with E-state index >= 15 is 0 Å². The average Bonchev–Trinajstić information content (AvgIpc) is 2.86. The van der Waals surface area contributed by atoms with Gasteiger partial charge in [-0.15, -0.1) is 0 Å². The molecule has 3 aliphatic heterocycles. The number of carbonyl (C=O) groups excluding carboxylic acids is 1. The Balaban J connectivity index is 1.77. The predicted molar refractivity (Wildman–Crippen MR) is 58.9 cm³/mol. The maximum atomic E-state index is 11.6. The van der Waals surface area contributed by atoms with Crippen molar-refractivity contribution < 1.29 is 9.90 Å². The molecule has 3 N–H and O–H groups in total. The first kappa shape index (κ1) is 10.5. The minimum Gasteiger partial charge on any atom is -0.390 e. The lowest BCUT2D eigenvalue weighted by atomic mass is 9.90. The highest BCUT2D eigenvalue weighted by molar-refractivity contribution is 5.82. The number of aliphatic hydroxyl groups is 1. The molecule has 0 aromatic rings. The normalized spacial score (nSPS) is 44.4. The van der Waals surface area contributed by atoms with Gasteiger partial charge in [-0.1, -0.05) is 0 Å². The Morgan fingerprint density at radius 3 is 2.88 bits per heavy atom. The van der Waals surface area contributed by atoms with Crippen LogP contribution in [0.1, 0.15) is 12.8 Å². The summed E-state index contributed by atoms with van der Waals surface area (Å²) in [6.45, 7) is 3.30. The van der Waals surface area contributed by atoms with E-state index in [1.54, 1.807) is 0 Å². The van der Waals surface area contributed by atoms with Crippen molar-refractivity contribution in [3.05, 3.63) is 0 Å². The fraction of sp³-hybridized carbons (Fsp3) is 0.909. The molecule has 3 aliphatic rings. The summed E-state index contributed by atoms with van der Waals surface area (Å²) in [4.78, 5) is 14.0. The van der Waals surface area contributed by atoms with Crippen molar-refractivity contribution in [3.63, 3.8) is 0 Å². The number of nitrogens with zero attached hydrogens (tertiary/aromatic N) is 1. The zero-order chi connectivity index (χ0) is 11.1. The molecule has 4 atom stereocenters. The summed E-state index contributed by atoms with van der Waals surface area (Å²) in [6.07, 6.45) is 1.79. The van der Waals surface area contributed by atoms with Crippen LogP contribution in [0.15, 0.2) is 0 Å². The molecule has 1 amide bonds. The quantitative estimate of drug-likeness (QED) is 0.510. The SMILES string of the molecule is O=C1NCC2C1CCCN2C1CNCC1O. The molecule has 5 heteroatoms. The van der Waals surface area contributed by atoms with Gasteiger partial charge in [0, 0.05) is 31.7 Å². The van der Waals surface area contributed by atoms with Crippen LogP contribution >= 0.6 is 0 Å². The number of piperidine rings is 1. The van der Waals surface area contributed by atoms with Crippen LogP contribution in [0.4, 0.5) is 0 Å². The Morgan fingerprint density at radius 2 is 2.12 bits per heavy atom. The largest absolute Gasteiger partial charge is 0.390 e. The first-order valence-corrected chi connectivity index (χ1v) is 6.19. The standard InChI is InChI=1S/C11H19N3O2/c15-10-6-12-4-9(10)14-3-1-2-7-8(14)5-13-11(7)16/h7-10,12,15H,1-6H2,(H,13,16). The molecule has 3 fully saturated rings. The number of amides is 1. The number of hydrogen-bond acceptors (Lipinski definition) is 4. The number of carbonyl (C=O) groups is 1. The first-order chi connectivity index (χ1) is 7.77. The number of rotatable bonds is 1. The second-order valence-corrected chi connectivity index (χ2v) is 5.09. The summed E-state index contributed by atoms with van der Waals surface area (Å²) in [6, 6.07) is 0.501. The first-order valence-electron chi connectivity index (χ1n) is 6.19. The second-order valence-electron chi connectivity index (χ2n) is 5.09. The summed E-state index contributed by atoms with van der Waals surface area (Å²) in [5.74, 6) is 0.358. The van der Waals surface area contributed by atoms with Gasteiger partial charge in [0.2, 0.25) is 5.91 Å². The van der Waals surface area contributed by atoms with E-state index in [0.717, 1.165) is 32.5 Å². The third-order valence-corrected chi connectivity index (χ3v) is 4.22. The fourth-order valence-corrected chi connectivity index (χ4v) is 3.39. The third kappa shape index (κ3) is 1.54. The Labute approximate surface area is 95.2 Å². The van der Waals surface area contributed by atoms with E-state index in [9.17, 15) is 9.90 Å². The van der Waals surface area contributed by atoms with Crippen LogP contribution in [0.5, 0.6) is 0 Å². The lowest BCUT2D eigenvalue weighted by molar-refractivity contribution is -0.124. The van der Waals surface area contributed by atoms with Gasteiger partial charge in [0.15, 0.2) is 0 Å². The van der Waals surface area contributed by atoms with E-state index in [-0.39, 0.29) is 24.0 Å². The highest BCUT2D eigenvalue weighted by atomic mass is 16.3. The molecule has 3 saturated heterocycles. The number of aliphatic hydroxyl groups excluding tert-OH is 1. The van der Waals surface area contributed by atoms with Crippen molar-refractivity contribution >= 4 is 5.91 Å². The van der Waals surface area contributed by atoms with E-state index in [4.69, 9.17) is 0 Å². The van der Waals surface area contributed by atoms with Crippen LogP contribution in [-0.2, 0) is 4.79 Å². The average molecular weight is 225 g/mol. The molecule has 3 rings (SSSR count). The van der Waals surface area contributed by atoms with Crippen LogP contribution in [0, 0.1) is 5.92 Å². The molecular formula is C11H19N3O2. The van der Waals surface area contributed by atoms with Crippen LogP contribution in [0.2, 0.25) is 0 Å². The van der Waals surface area contributed by atoms with Gasteiger partial charge in [-0.2, -0.15) is 0 Å². The zero-order valence-electron chi connectivity index (χ0n) is 9.35. The van der Waals surface area contributed by atoms with Crippen LogP contribution in [-0.4, -0.2) is 60.3 Å². The molecule has 0 saturated carbocycles. The fourth-order valence-electron chi connectivity index (χ4n) is 3.39. The molecule has 0 radical (unpaired) electrons. The Bertz CT molecular complexity index is 297. The van der Waals surface area contributed by atoms with Crippen molar-refractivity contribution in [2.24, 2.45) is 5.92 Å². The molecular weight excluding hydrogens is 206 g/mol. The zero-order valence-corrected chi connectivity index (χ0v) is 9.35. The molecule has 0 spiro atoms. The number of nitrogens with one attached hydrogen (secondary N) is 2. The maximum Gasteiger partial charge on any atom is 0.224 e. The third-order valence-electron chi connectivity index (χ3n) is 4.22. The van der Waals surface area contributed by atoms with Gasteiger partial charge in [-0.25, -0.2) is 0 Å². The minimum absolute atomic E-state index is 0.154. The van der Waals surface area contributed by atoms with Crippen LogP contribution in [0.3, 0.4) is 0 Å². The Morgan fingerprint density at radius 1 is 1.25 bits per heavy atom. The molecule has 0 aromatic carbocycles. The van der Waals surface area contributed by atoms with Crippen molar-refractivity contribution in [2.45, 2.75) is 31.0 Å². The molecule has 4 unspecified atom stereocenters. The summed E-state index contributed by atoms with van der Waals surface area (Å²) in [5.41, 5.74) is 0. The number of β-amino-alcohol motifs (C(OH)–C–C–N with tert-alkyl or cyclic N) is 1. The van der Waals surface area contributed by atoms with Gasteiger partial charge in [0.1, 0.15) is 0 Å². The summed E-state index contributed by atoms with van der Waals surface area (Å²) in [5, 5.41) is 16.1. The van der Waals surface area contributed by atoms with Gasteiger partial charge in [-0.05, 0) is 19.4 Å². The molecule has 0 aliphatic carbocycles. The molecule has 16 heavy (non-hydrogen) atoms. The highest BCUT2D eigenvalue weighted by Crippen LogP contribution is 2.30. The lowest BCUT2D eigenvalue weighted by Gasteiger charge is -2.40. The van der Waals surface area contributed by atoms with E-state index in [0.29, 0.717) is 12.6 Å². The maximum absolute atomic E-state index is 11.6. The van der Waals surface area contributed by atoms with Crippen molar-refractivity contribution in [2.75, 3.05) is 26.2 Å². The van der Waals surface area contributed by atoms with Crippen LogP contribution in [0.25, 0.3) is 0 Å². The lowest BCUT2D eigenvalue weighted by Crippen LogP contribution is -2.54. The van der Waals surface area contributed by atoms with Crippen molar-refractivity contribution in [1.82, 2.24) is 15.5 Å².